The van der Waals surface area contributed by atoms with Crippen LogP contribution in [0, 0.1) is 0 Å². The molecule has 2 N–H and O–H groups in total. The number of carbonyl (C=O) groups excluding carboxylic acids is 1. The Morgan fingerprint density at radius 2 is 2.55 bits per heavy atom. The quantitative estimate of drug-likeness (QED) is 0.559. The van der Waals surface area contributed by atoms with Crippen molar-refractivity contribution in [2.75, 3.05) is 6.54 Å². The van der Waals surface area contributed by atoms with E-state index >= 15 is 0 Å². The Labute approximate surface area is 66.5 Å². The molecule has 1 saturated carbocycles. The van der Waals surface area contributed by atoms with Gasteiger partial charge in [-0.1, -0.05) is 0 Å². The van der Waals surface area contributed by atoms with E-state index in [1.165, 1.54) is 6.42 Å². The third-order valence-corrected chi connectivity index (χ3v) is 2.78. The highest BCUT2D eigenvalue weighted by Crippen LogP contribution is 2.34. The van der Waals surface area contributed by atoms with Crippen molar-refractivity contribution < 1.29 is 4.79 Å². The molecule has 1 heterocycles. The van der Waals surface area contributed by atoms with Crippen LogP contribution in [0.3, 0.4) is 0 Å². The molecule has 0 aromatic heterocycles. The first-order valence-corrected chi connectivity index (χ1v) is 4.22. The van der Waals surface area contributed by atoms with Crippen LogP contribution in [0.4, 0.5) is 0 Å². The molecule has 62 valence electrons. The Bertz CT molecular complexity index is 183. The number of fused-ring (bicyclic) bond motifs is 2. The van der Waals surface area contributed by atoms with Crippen LogP contribution < -0.4 is 10.6 Å². The summed E-state index contributed by atoms with van der Waals surface area (Å²) >= 11 is 0. The molecule has 1 aliphatic carbocycles. The zero-order valence-corrected chi connectivity index (χ0v) is 6.81. The Balaban J connectivity index is 2.05. The largest absolute Gasteiger partial charge is 0.350 e. The van der Waals surface area contributed by atoms with Crippen molar-refractivity contribution >= 4 is 5.91 Å². The van der Waals surface area contributed by atoms with Crippen LogP contribution in [0.5, 0.6) is 0 Å². The lowest BCUT2D eigenvalue weighted by Crippen LogP contribution is -2.49. The second kappa shape index (κ2) is 2.21. The molecule has 3 heteroatoms. The number of nitrogens with one attached hydrogen (secondary N) is 2. The van der Waals surface area contributed by atoms with Gasteiger partial charge in [0.05, 0.1) is 5.54 Å². The first kappa shape index (κ1) is 7.10. The van der Waals surface area contributed by atoms with Crippen LogP contribution in [0.15, 0.2) is 0 Å². The summed E-state index contributed by atoms with van der Waals surface area (Å²) in [4.78, 5) is 10.8. The van der Waals surface area contributed by atoms with E-state index in [2.05, 4.69) is 10.6 Å². The van der Waals surface area contributed by atoms with Crippen LogP contribution in [-0.4, -0.2) is 24.0 Å². The van der Waals surface area contributed by atoms with Crippen LogP contribution in [0.2, 0.25) is 0 Å². The van der Waals surface area contributed by atoms with Gasteiger partial charge in [-0.3, -0.25) is 4.79 Å². The summed E-state index contributed by atoms with van der Waals surface area (Å²) in [5.74, 6) is 0.106. The fourth-order valence-corrected chi connectivity index (χ4v) is 2.33. The van der Waals surface area contributed by atoms with E-state index in [-0.39, 0.29) is 11.4 Å². The van der Waals surface area contributed by atoms with Gasteiger partial charge < -0.3 is 10.6 Å². The molecular weight excluding hydrogens is 140 g/mol. The fourth-order valence-electron chi connectivity index (χ4n) is 2.33. The standard InChI is InChI=1S/C8H14N2O/c1-6(11)10-8-3-2-7(4-8)9-5-8/h7,9H,2-5H2,1H3,(H,10,11). The predicted octanol–water partition coefficient (Wildman–Crippen LogP) is 0.0170. The zero-order valence-electron chi connectivity index (χ0n) is 6.81. The van der Waals surface area contributed by atoms with Crippen LogP contribution in [-0.2, 0) is 4.79 Å². The van der Waals surface area contributed by atoms with Crippen LogP contribution >= 0.6 is 0 Å². The Morgan fingerprint density at radius 1 is 1.73 bits per heavy atom. The highest BCUT2D eigenvalue weighted by Gasteiger charge is 2.44. The number of piperidine rings is 1. The van der Waals surface area contributed by atoms with Crippen molar-refractivity contribution in [2.45, 2.75) is 37.8 Å². The molecule has 2 bridgehead atoms. The van der Waals surface area contributed by atoms with Crippen molar-refractivity contribution in [3.8, 4) is 0 Å². The van der Waals surface area contributed by atoms with Crippen LogP contribution in [0.1, 0.15) is 26.2 Å². The van der Waals surface area contributed by atoms with Crippen molar-refractivity contribution in [1.29, 1.82) is 0 Å². The van der Waals surface area contributed by atoms with Gasteiger partial charge in [0.2, 0.25) is 5.91 Å². The van der Waals surface area contributed by atoms with E-state index < -0.39 is 0 Å². The number of hydrogen-bond donors (Lipinski definition) is 2. The van der Waals surface area contributed by atoms with E-state index in [0.717, 1.165) is 19.4 Å². The van der Waals surface area contributed by atoms with Gasteiger partial charge in [0.25, 0.3) is 0 Å². The minimum atomic E-state index is 0.106. The van der Waals surface area contributed by atoms with E-state index in [9.17, 15) is 4.79 Å². The number of amides is 1. The minimum Gasteiger partial charge on any atom is -0.350 e. The highest BCUT2D eigenvalue weighted by molar-refractivity contribution is 5.74. The molecule has 3 nitrogen and oxygen atoms in total. The van der Waals surface area contributed by atoms with Crippen molar-refractivity contribution in [3.05, 3.63) is 0 Å². The molecule has 0 spiro atoms. The zero-order chi connectivity index (χ0) is 7.90. The summed E-state index contributed by atoms with van der Waals surface area (Å²) in [5.41, 5.74) is 0.122. The molecule has 2 unspecified atom stereocenters. The average molecular weight is 154 g/mol. The van der Waals surface area contributed by atoms with E-state index in [4.69, 9.17) is 0 Å². The molecule has 0 aromatic carbocycles. The average Bonchev–Trinajstić information content (AvgIpc) is 2.43. The summed E-state index contributed by atoms with van der Waals surface area (Å²) in [5, 5.41) is 6.43. The maximum absolute atomic E-state index is 10.8. The molecule has 11 heavy (non-hydrogen) atoms. The Kier molecular flexibility index (Phi) is 1.42. The summed E-state index contributed by atoms with van der Waals surface area (Å²) in [6, 6.07) is 0.668. The molecule has 2 atom stereocenters. The summed E-state index contributed by atoms with van der Waals surface area (Å²) in [7, 11) is 0. The number of hydrogen-bond acceptors (Lipinski definition) is 2. The first-order valence-electron chi connectivity index (χ1n) is 4.22. The van der Waals surface area contributed by atoms with Crippen molar-refractivity contribution in [3.63, 3.8) is 0 Å². The Hall–Kier alpha value is -0.570. The number of rotatable bonds is 1. The molecule has 0 aromatic rings. The van der Waals surface area contributed by atoms with Gasteiger partial charge in [0.1, 0.15) is 0 Å². The molecular formula is C8H14N2O. The smallest absolute Gasteiger partial charge is 0.217 e. The van der Waals surface area contributed by atoms with Crippen molar-refractivity contribution in [1.82, 2.24) is 10.6 Å². The fraction of sp³-hybridized carbons (Fsp3) is 0.875. The molecule has 1 amide bonds. The SMILES string of the molecule is CC(=O)NC12CCC(C1)NC2. The third kappa shape index (κ3) is 1.13. The summed E-state index contributed by atoms with van der Waals surface area (Å²) < 4.78 is 0. The lowest BCUT2D eigenvalue weighted by Gasteiger charge is -2.26. The van der Waals surface area contributed by atoms with Gasteiger partial charge >= 0.3 is 0 Å². The van der Waals surface area contributed by atoms with Gasteiger partial charge in [-0.15, -0.1) is 0 Å². The van der Waals surface area contributed by atoms with Crippen molar-refractivity contribution in [2.24, 2.45) is 0 Å². The molecule has 1 saturated heterocycles. The van der Waals surface area contributed by atoms with Gasteiger partial charge in [-0.25, -0.2) is 0 Å². The molecule has 2 aliphatic rings. The lowest BCUT2D eigenvalue weighted by molar-refractivity contribution is -0.120. The molecule has 2 rings (SSSR count). The Morgan fingerprint density at radius 3 is 2.91 bits per heavy atom. The summed E-state index contributed by atoms with van der Waals surface area (Å²) in [6.45, 7) is 2.57. The molecule has 1 aliphatic heterocycles. The van der Waals surface area contributed by atoms with Gasteiger partial charge in [-0.05, 0) is 19.3 Å². The maximum atomic E-state index is 10.8. The third-order valence-electron chi connectivity index (χ3n) is 2.78. The second-order valence-electron chi connectivity index (χ2n) is 3.78. The second-order valence-corrected chi connectivity index (χ2v) is 3.78. The van der Waals surface area contributed by atoms with E-state index in [0.29, 0.717) is 6.04 Å². The lowest BCUT2D eigenvalue weighted by atomic mass is 9.99. The highest BCUT2D eigenvalue weighted by atomic mass is 16.1. The topological polar surface area (TPSA) is 41.1 Å². The van der Waals surface area contributed by atoms with Gasteiger partial charge in [0.15, 0.2) is 0 Å². The number of carbonyl (C=O) groups is 1. The van der Waals surface area contributed by atoms with E-state index in [1.807, 2.05) is 0 Å². The van der Waals surface area contributed by atoms with Gasteiger partial charge in [-0.2, -0.15) is 0 Å². The monoisotopic (exact) mass is 154 g/mol. The minimum absolute atomic E-state index is 0.106. The first-order chi connectivity index (χ1) is 5.20. The van der Waals surface area contributed by atoms with Gasteiger partial charge in [0, 0.05) is 19.5 Å². The predicted molar refractivity (Wildman–Crippen MR) is 42.2 cm³/mol. The normalized spacial score (nSPS) is 41.0. The molecule has 0 radical (unpaired) electrons. The molecule has 2 fully saturated rings. The van der Waals surface area contributed by atoms with E-state index in [1.54, 1.807) is 6.92 Å². The maximum Gasteiger partial charge on any atom is 0.217 e. The van der Waals surface area contributed by atoms with Crippen LogP contribution in [0.25, 0.3) is 0 Å². The summed E-state index contributed by atoms with van der Waals surface area (Å²) in [6.07, 6.45) is 3.51.